The molecule has 41 heavy (non-hydrogen) atoms. The normalized spacial score (nSPS) is 13.6. The van der Waals surface area contributed by atoms with Crippen LogP contribution < -0.4 is 20.8 Å². The fourth-order valence-corrected chi connectivity index (χ4v) is 11.2. The SMILES string of the molecule is S=P(c1ccccc1)(c1ccccc1)c1ccc(N2c3ccccc3Sc3c2cc2cccc4c2c3CC=C4)cc1. The van der Waals surface area contributed by atoms with Crippen molar-refractivity contribution in [1.82, 2.24) is 0 Å². The summed E-state index contributed by atoms with van der Waals surface area (Å²) in [5.41, 5.74) is 6.37. The number of rotatable bonds is 4. The second kappa shape index (κ2) is 9.89. The Morgan fingerprint density at radius 3 is 2.02 bits per heavy atom. The largest absolute Gasteiger partial charge is 0.308 e. The van der Waals surface area contributed by atoms with Crippen LogP contribution in [-0.4, -0.2) is 0 Å². The van der Waals surface area contributed by atoms with Crippen LogP contribution in [0, 0.1) is 0 Å². The molecule has 1 nitrogen and oxygen atoms in total. The Morgan fingerprint density at radius 2 is 1.29 bits per heavy atom. The fraction of sp³-hybridized carbons (Fsp3) is 0.0270. The van der Waals surface area contributed by atoms with Gasteiger partial charge in [-0.25, -0.2) is 0 Å². The van der Waals surface area contributed by atoms with Gasteiger partial charge in [0.2, 0.25) is 0 Å². The highest BCUT2D eigenvalue weighted by Crippen LogP contribution is 2.55. The zero-order valence-electron chi connectivity index (χ0n) is 22.3. The van der Waals surface area contributed by atoms with Gasteiger partial charge in [0, 0.05) is 21.5 Å². The molecule has 0 saturated heterocycles. The summed E-state index contributed by atoms with van der Waals surface area (Å²) in [5, 5.41) is 6.33. The van der Waals surface area contributed by atoms with E-state index in [2.05, 4.69) is 151 Å². The molecule has 6 aromatic carbocycles. The minimum Gasteiger partial charge on any atom is -0.308 e. The third-order valence-corrected chi connectivity index (χ3v) is 14.3. The lowest BCUT2D eigenvalue weighted by Gasteiger charge is -2.35. The molecule has 0 unspecified atom stereocenters. The Bertz CT molecular complexity index is 1970. The van der Waals surface area contributed by atoms with Crippen LogP contribution in [0.4, 0.5) is 17.1 Å². The van der Waals surface area contributed by atoms with Crippen molar-refractivity contribution >= 4 is 79.4 Å². The second-order valence-electron chi connectivity index (χ2n) is 10.5. The third-order valence-electron chi connectivity index (χ3n) is 8.12. The molecule has 1 aliphatic heterocycles. The summed E-state index contributed by atoms with van der Waals surface area (Å²) >= 11 is 8.52. The van der Waals surface area contributed by atoms with E-state index in [1.165, 1.54) is 59.0 Å². The van der Waals surface area contributed by atoms with Gasteiger partial charge >= 0.3 is 0 Å². The first-order valence-electron chi connectivity index (χ1n) is 13.9. The number of allylic oxidation sites excluding steroid dienone is 1. The van der Waals surface area contributed by atoms with Crippen LogP contribution in [0.2, 0.25) is 0 Å². The molecule has 0 spiro atoms. The average molecular weight is 580 g/mol. The molecule has 0 atom stereocenters. The van der Waals surface area contributed by atoms with Gasteiger partial charge < -0.3 is 4.90 Å². The molecule has 0 bridgehead atoms. The van der Waals surface area contributed by atoms with E-state index in [-0.39, 0.29) is 0 Å². The molecule has 0 radical (unpaired) electrons. The van der Waals surface area contributed by atoms with Crippen molar-refractivity contribution in [2.75, 3.05) is 4.90 Å². The van der Waals surface area contributed by atoms with Crippen molar-refractivity contribution in [2.45, 2.75) is 16.2 Å². The van der Waals surface area contributed by atoms with Gasteiger partial charge in [-0.05, 0) is 74.6 Å². The van der Waals surface area contributed by atoms with Gasteiger partial charge in [0.05, 0.1) is 11.4 Å². The molecule has 196 valence electrons. The number of fused-ring (bicyclic) bond motifs is 3. The van der Waals surface area contributed by atoms with Gasteiger partial charge in [-0.15, -0.1) is 0 Å². The van der Waals surface area contributed by atoms with Crippen LogP contribution >= 0.6 is 17.8 Å². The van der Waals surface area contributed by atoms with Gasteiger partial charge in [-0.1, -0.05) is 139 Å². The first-order valence-corrected chi connectivity index (χ1v) is 17.5. The predicted octanol–water partition coefficient (Wildman–Crippen LogP) is 9.10. The highest BCUT2D eigenvalue weighted by Gasteiger charge is 2.30. The molecule has 6 aromatic rings. The molecule has 0 amide bonds. The minimum absolute atomic E-state index is 0.954. The summed E-state index contributed by atoms with van der Waals surface area (Å²) in [6.07, 6.45) is 5.52. The van der Waals surface area contributed by atoms with E-state index in [0.717, 1.165) is 12.1 Å². The van der Waals surface area contributed by atoms with Gasteiger partial charge in [-0.3, -0.25) is 0 Å². The monoisotopic (exact) mass is 579 g/mol. The lowest BCUT2D eigenvalue weighted by Crippen LogP contribution is -2.25. The molecular weight excluding hydrogens is 554 g/mol. The van der Waals surface area contributed by atoms with Crippen molar-refractivity contribution in [3.63, 3.8) is 0 Å². The highest BCUT2D eigenvalue weighted by atomic mass is 32.4. The van der Waals surface area contributed by atoms with Crippen molar-refractivity contribution in [3.8, 4) is 0 Å². The molecule has 0 saturated carbocycles. The number of benzene rings is 6. The summed E-state index contributed by atoms with van der Waals surface area (Å²) in [6, 6.07) is 46.0. The molecule has 0 aromatic heterocycles. The second-order valence-corrected chi connectivity index (χ2v) is 15.9. The minimum atomic E-state index is -2.21. The fourth-order valence-electron chi connectivity index (χ4n) is 6.24. The van der Waals surface area contributed by atoms with Crippen LogP contribution in [-0.2, 0) is 18.2 Å². The van der Waals surface area contributed by atoms with E-state index in [4.69, 9.17) is 11.8 Å². The lowest BCUT2D eigenvalue weighted by atomic mass is 9.92. The van der Waals surface area contributed by atoms with Crippen LogP contribution in [0.25, 0.3) is 16.8 Å². The zero-order valence-corrected chi connectivity index (χ0v) is 24.8. The standard InChI is InChI=1S/C37H26NPS2/c40-39(29-14-3-1-4-15-29,30-16-5-2-6-17-30)31-23-21-28(22-24-31)38-33-19-7-8-20-35(33)41-37-32-18-10-12-26-11-9-13-27(36(26)32)25-34(37)38/h1-17,19-25H,18H2. The van der Waals surface area contributed by atoms with Gasteiger partial charge in [0.15, 0.2) is 0 Å². The molecule has 4 heteroatoms. The molecule has 1 heterocycles. The van der Waals surface area contributed by atoms with E-state index in [1.807, 2.05) is 11.8 Å². The first-order chi connectivity index (χ1) is 20.2. The Balaban J connectivity index is 1.31. The maximum absolute atomic E-state index is 6.62. The number of hydrogen-bond acceptors (Lipinski definition) is 3. The van der Waals surface area contributed by atoms with E-state index >= 15 is 0 Å². The van der Waals surface area contributed by atoms with E-state index in [9.17, 15) is 0 Å². The summed E-state index contributed by atoms with van der Waals surface area (Å²) in [5.74, 6) is 0. The molecular formula is C37H26NPS2. The van der Waals surface area contributed by atoms with Crippen LogP contribution in [0.3, 0.4) is 0 Å². The quantitative estimate of drug-likeness (QED) is 0.192. The molecule has 8 rings (SSSR count). The maximum atomic E-state index is 6.62. The van der Waals surface area contributed by atoms with Crippen molar-refractivity contribution in [1.29, 1.82) is 0 Å². The van der Waals surface area contributed by atoms with Crippen LogP contribution in [0.15, 0.2) is 149 Å². The number of anilines is 3. The topological polar surface area (TPSA) is 3.24 Å². The summed E-state index contributed by atoms with van der Waals surface area (Å²) in [4.78, 5) is 5.08. The lowest BCUT2D eigenvalue weighted by molar-refractivity contribution is 1.12. The van der Waals surface area contributed by atoms with E-state index < -0.39 is 6.04 Å². The molecule has 0 fully saturated rings. The van der Waals surface area contributed by atoms with Gasteiger partial charge in [-0.2, -0.15) is 0 Å². The summed E-state index contributed by atoms with van der Waals surface area (Å²) in [6.45, 7) is 0. The zero-order chi connectivity index (χ0) is 27.4. The van der Waals surface area contributed by atoms with Crippen LogP contribution in [0.1, 0.15) is 11.1 Å². The van der Waals surface area contributed by atoms with E-state index in [1.54, 1.807) is 0 Å². The molecule has 1 aliphatic carbocycles. The number of hydrogen-bond donors (Lipinski definition) is 0. The smallest absolute Gasteiger partial charge is 0.0610 e. The van der Waals surface area contributed by atoms with Crippen molar-refractivity contribution in [2.24, 2.45) is 0 Å². The summed E-state index contributed by atoms with van der Waals surface area (Å²) in [7, 11) is 0. The Hall–Kier alpha value is -3.88. The number of para-hydroxylation sites is 1. The Kier molecular flexibility index (Phi) is 6.00. The van der Waals surface area contributed by atoms with Gasteiger partial charge in [0.1, 0.15) is 0 Å². The average Bonchev–Trinajstić information content (AvgIpc) is 3.05. The third kappa shape index (κ3) is 3.95. The van der Waals surface area contributed by atoms with Crippen LogP contribution in [0.5, 0.6) is 0 Å². The molecule has 0 N–H and O–H groups in total. The number of nitrogens with zero attached hydrogens (tertiary/aromatic N) is 1. The van der Waals surface area contributed by atoms with Gasteiger partial charge in [0.25, 0.3) is 0 Å². The van der Waals surface area contributed by atoms with Crippen molar-refractivity contribution < 1.29 is 0 Å². The Morgan fingerprint density at radius 1 is 0.634 bits per heavy atom. The maximum Gasteiger partial charge on any atom is 0.0610 e. The molecule has 2 aliphatic rings. The highest BCUT2D eigenvalue weighted by molar-refractivity contribution is 8.25. The first kappa shape index (κ1) is 24.9. The predicted molar refractivity (Wildman–Crippen MR) is 182 cm³/mol. The van der Waals surface area contributed by atoms with E-state index in [0.29, 0.717) is 0 Å². The van der Waals surface area contributed by atoms with Crippen molar-refractivity contribution in [3.05, 3.63) is 151 Å². The Labute approximate surface area is 250 Å². The summed E-state index contributed by atoms with van der Waals surface area (Å²) < 4.78 is 0.